The van der Waals surface area contributed by atoms with Crippen molar-refractivity contribution in [3.63, 3.8) is 0 Å². The lowest BCUT2D eigenvalue weighted by atomic mass is 10.1. The molecule has 4 nitrogen and oxygen atoms in total. The lowest BCUT2D eigenvalue weighted by molar-refractivity contribution is 0.173. The summed E-state index contributed by atoms with van der Waals surface area (Å²) < 4.78 is 0. The van der Waals surface area contributed by atoms with E-state index in [-0.39, 0.29) is 0 Å². The van der Waals surface area contributed by atoms with Crippen molar-refractivity contribution in [2.75, 3.05) is 26.7 Å². The van der Waals surface area contributed by atoms with Crippen LogP contribution in [0.2, 0.25) is 0 Å². The van der Waals surface area contributed by atoms with Crippen molar-refractivity contribution in [2.45, 2.75) is 59.0 Å². The lowest BCUT2D eigenvalue weighted by Crippen LogP contribution is -2.42. The van der Waals surface area contributed by atoms with E-state index in [9.17, 15) is 0 Å². The number of hydrogen-bond donors (Lipinski definition) is 2. The predicted octanol–water partition coefficient (Wildman–Crippen LogP) is 3.53. The average molecular weight is 339 g/mol. The Morgan fingerprint density at radius 1 is 1.17 bits per heavy atom. The van der Waals surface area contributed by atoms with Crippen LogP contribution in [0.15, 0.2) is 22.5 Å². The number of rotatable bonds is 9. The molecule has 1 heterocycles. The highest BCUT2D eigenvalue weighted by atomic mass is 32.1. The van der Waals surface area contributed by atoms with Crippen LogP contribution in [0, 0.1) is 0 Å². The fourth-order valence-electron chi connectivity index (χ4n) is 2.72. The Bertz CT molecular complexity index is 432. The lowest BCUT2D eigenvalue weighted by Gasteiger charge is -2.30. The van der Waals surface area contributed by atoms with Crippen molar-refractivity contribution < 1.29 is 0 Å². The normalized spacial score (nSPS) is 13.9. The molecule has 1 rings (SSSR count). The highest BCUT2D eigenvalue weighted by molar-refractivity contribution is 7.10. The van der Waals surface area contributed by atoms with Crippen molar-refractivity contribution in [3.8, 4) is 0 Å². The van der Waals surface area contributed by atoms with Crippen molar-refractivity contribution in [1.29, 1.82) is 0 Å². The van der Waals surface area contributed by atoms with E-state index in [1.165, 1.54) is 4.88 Å². The smallest absolute Gasteiger partial charge is 0.190 e. The summed E-state index contributed by atoms with van der Waals surface area (Å²) >= 11 is 1.81. The molecule has 0 saturated carbocycles. The Balaban J connectivity index is 2.26. The number of hydrogen-bond acceptors (Lipinski definition) is 3. The predicted molar refractivity (Wildman–Crippen MR) is 104 cm³/mol. The monoisotopic (exact) mass is 338 g/mol. The van der Waals surface area contributed by atoms with Gasteiger partial charge in [0.1, 0.15) is 0 Å². The highest BCUT2D eigenvalue weighted by Gasteiger charge is 2.12. The summed E-state index contributed by atoms with van der Waals surface area (Å²) in [6.45, 7) is 14.3. The van der Waals surface area contributed by atoms with Crippen LogP contribution in [0.5, 0.6) is 0 Å². The van der Waals surface area contributed by atoms with Gasteiger partial charge in [0.05, 0.1) is 0 Å². The summed E-state index contributed by atoms with van der Waals surface area (Å²) in [5.74, 6) is 1.40. The van der Waals surface area contributed by atoms with E-state index < -0.39 is 0 Å². The third-order valence-electron chi connectivity index (χ3n) is 4.04. The minimum absolute atomic E-state index is 0.505. The van der Waals surface area contributed by atoms with Gasteiger partial charge in [0, 0.05) is 49.6 Å². The van der Waals surface area contributed by atoms with Crippen LogP contribution in [0.25, 0.3) is 0 Å². The quantitative estimate of drug-likeness (QED) is 0.411. The molecule has 23 heavy (non-hydrogen) atoms. The topological polar surface area (TPSA) is 39.7 Å². The number of guanidine groups is 1. The molecule has 0 fully saturated rings. The Labute approximate surface area is 146 Å². The molecule has 2 N–H and O–H groups in total. The van der Waals surface area contributed by atoms with E-state index in [1.54, 1.807) is 0 Å². The first-order valence-corrected chi connectivity index (χ1v) is 9.57. The Morgan fingerprint density at radius 2 is 1.87 bits per heavy atom. The molecule has 0 amide bonds. The fourth-order valence-corrected chi connectivity index (χ4v) is 3.51. The maximum Gasteiger partial charge on any atom is 0.190 e. The second kappa shape index (κ2) is 10.7. The van der Waals surface area contributed by atoms with Crippen LogP contribution in [-0.4, -0.2) is 49.6 Å². The van der Waals surface area contributed by atoms with Gasteiger partial charge in [-0.2, -0.15) is 0 Å². The van der Waals surface area contributed by atoms with Crippen LogP contribution in [0.4, 0.5) is 0 Å². The minimum Gasteiger partial charge on any atom is -0.356 e. The summed E-state index contributed by atoms with van der Waals surface area (Å²) in [5.41, 5.74) is 0. The van der Waals surface area contributed by atoms with Crippen molar-refractivity contribution in [2.24, 2.45) is 4.99 Å². The van der Waals surface area contributed by atoms with Crippen molar-refractivity contribution in [3.05, 3.63) is 22.4 Å². The molecule has 0 saturated heterocycles. The summed E-state index contributed by atoms with van der Waals surface area (Å²) in [6, 6.07) is 5.50. The zero-order valence-corrected chi connectivity index (χ0v) is 16.4. The largest absolute Gasteiger partial charge is 0.356 e. The van der Waals surface area contributed by atoms with Gasteiger partial charge >= 0.3 is 0 Å². The molecule has 0 aliphatic rings. The molecule has 0 aliphatic heterocycles. The number of nitrogens with one attached hydrogen (secondary N) is 2. The molecular weight excluding hydrogens is 304 g/mol. The minimum atomic E-state index is 0.505. The van der Waals surface area contributed by atoms with Crippen molar-refractivity contribution in [1.82, 2.24) is 15.5 Å². The van der Waals surface area contributed by atoms with Crippen LogP contribution in [-0.2, 0) is 0 Å². The van der Waals surface area contributed by atoms with Gasteiger partial charge in [-0.1, -0.05) is 13.0 Å². The summed E-state index contributed by atoms with van der Waals surface area (Å²) in [6.07, 6.45) is 1.12. The van der Waals surface area contributed by atoms with Gasteiger partial charge in [0.25, 0.3) is 0 Å². The molecule has 1 atom stereocenters. The van der Waals surface area contributed by atoms with Gasteiger partial charge in [-0.25, -0.2) is 0 Å². The first-order valence-electron chi connectivity index (χ1n) is 8.69. The molecule has 132 valence electrons. The SMILES string of the molecule is CN=C(NCCCN(C(C)C)C(C)C)NCC(C)c1cccs1. The highest BCUT2D eigenvalue weighted by Crippen LogP contribution is 2.19. The van der Waals surface area contributed by atoms with E-state index in [0.717, 1.165) is 32.0 Å². The molecule has 0 bridgehead atoms. The van der Waals surface area contributed by atoms with E-state index >= 15 is 0 Å². The zero-order chi connectivity index (χ0) is 17.2. The van der Waals surface area contributed by atoms with Crippen LogP contribution in [0.3, 0.4) is 0 Å². The molecule has 5 heteroatoms. The van der Waals surface area contributed by atoms with Gasteiger partial charge in [0.2, 0.25) is 0 Å². The van der Waals surface area contributed by atoms with Crippen LogP contribution >= 0.6 is 11.3 Å². The molecule has 0 spiro atoms. The van der Waals surface area contributed by atoms with Gasteiger partial charge < -0.3 is 10.6 Å². The second-order valence-electron chi connectivity index (χ2n) is 6.58. The van der Waals surface area contributed by atoms with Crippen LogP contribution in [0.1, 0.15) is 51.8 Å². The second-order valence-corrected chi connectivity index (χ2v) is 7.55. The Morgan fingerprint density at radius 3 is 2.39 bits per heavy atom. The van der Waals surface area contributed by atoms with E-state index in [0.29, 0.717) is 18.0 Å². The standard InChI is InChI=1S/C18H34N4S/c1-14(2)22(15(3)4)11-8-10-20-18(19-6)21-13-16(5)17-9-7-12-23-17/h7,9,12,14-16H,8,10-11,13H2,1-6H3,(H2,19,20,21). The Kier molecular flexibility index (Phi) is 9.26. The van der Waals surface area contributed by atoms with Gasteiger partial charge in [-0.05, 0) is 45.6 Å². The van der Waals surface area contributed by atoms with Gasteiger partial charge in [0.15, 0.2) is 5.96 Å². The van der Waals surface area contributed by atoms with E-state index in [1.807, 2.05) is 18.4 Å². The first-order chi connectivity index (χ1) is 11.0. The number of thiophene rings is 1. The molecule has 1 unspecified atom stereocenters. The maximum absolute atomic E-state index is 4.31. The summed E-state index contributed by atoms with van der Waals surface area (Å²) in [7, 11) is 1.83. The zero-order valence-electron chi connectivity index (χ0n) is 15.6. The third-order valence-corrected chi connectivity index (χ3v) is 5.14. The van der Waals surface area contributed by atoms with Crippen LogP contribution < -0.4 is 10.6 Å². The third kappa shape index (κ3) is 7.36. The molecule has 1 aromatic rings. The molecular formula is C18H34N4S. The maximum atomic E-state index is 4.31. The van der Waals surface area contributed by atoms with Gasteiger partial charge in [-0.15, -0.1) is 11.3 Å². The van der Waals surface area contributed by atoms with Crippen molar-refractivity contribution >= 4 is 17.3 Å². The van der Waals surface area contributed by atoms with Gasteiger partial charge in [-0.3, -0.25) is 9.89 Å². The average Bonchev–Trinajstić information content (AvgIpc) is 3.03. The molecule has 0 aliphatic carbocycles. The van der Waals surface area contributed by atoms with E-state index in [4.69, 9.17) is 0 Å². The number of aliphatic imine (C=N–C) groups is 1. The Hall–Kier alpha value is -1.07. The van der Waals surface area contributed by atoms with E-state index in [2.05, 4.69) is 72.7 Å². The number of nitrogens with zero attached hydrogens (tertiary/aromatic N) is 2. The molecule has 0 aromatic carbocycles. The summed E-state index contributed by atoms with van der Waals surface area (Å²) in [5, 5.41) is 8.98. The fraction of sp³-hybridized carbons (Fsp3) is 0.722. The molecule has 1 aromatic heterocycles. The summed E-state index contributed by atoms with van der Waals surface area (Å²) in [4.78, 5) is 8.25. The first kappa shape index (κ1) is 20.0. The molecule has 0 radical (unpaired) electrons.